The van der Waals surface area contributed by atoms with Crippen LogP contribution in [0.2, 0.25) is 0 Å². The van der Waals surface area contributed by atoms with Gasteiger partial charge in [-0.1, -0.05) is 0 Å². The normalized spacial score (nSPS) is 14.8. The third-order valence-corrected chi connectivity index (χ3v) is 2.58. The van der Waals surface area contributed by atoms with Gasteiger partial charge in [0.1, 0.15) is 11.4 Å². The van der Waals surface area contributed by atoms with Crippen LogP contribution in [-0.2, 0) is 5.92 Å². The molecule has 0 aromatic heterocycles. The Morgan fingerprint density at radius 1 is 1.24 bits per heavy atom. The Balaban J connectivity index is 3.32. The number of benzene rings is 1. The molecular weight excluding hydrogens is 231 g/mol. The van der Waals surface area contributed by atoms with Crippen LogP contribution in [0, 0.1) is 5.82 Å². The summed E-state index contributed by atoms with van der Waals surface area (Å²) in [6.07, 6.45) is 0. The average Bonchev–Trinajstić information content (AvgIpc) is 2.14. The first kappa shape index (κ1) is 14.0. The highest BCUT2D eigenvalue weighted by molar-refractivity contribution is 5.31. The van der Waals surface area contributed by atoms with E-state index in [1.807, 2.05) is 0 Å². The molecular formula is C12H16F3NO. The molecule has 1 aromatic carbocycles. The second-order valence-electron chi connectivity index (χ2n) is 4.70. The molecule has 96 valence electrons. The maximum Gasteiger partial charge on any atom is 0.300 e. The molecule has 0 amide bonds. The predicted molar refractivity (Wildman–Crippen MR) is 59.2 cm³/mol. The maximum absolute atomic E-state index is 13.8. The van der Waals surface area contributed by atoms with Crippen molar-refractivity contribution in [3.8, 4) is 0 Å². The van der Waals surface area contributed by atoms with Gasteiger partial charge in [-0.15, -0.1) is 0 Å². The minimum atomic E-state index is -3.54. The molecule has 0 radical (unpaired) electrons. The fourth-order valence-corrected chi connectivity index (χ4v) is 1.41. The van der Waals surface area contributed by atoms with Gasteiger partial charge in [0.2, 0.25) is 0 Å². The predicted octanol–water partition coefficient (Wildman–Crippen LogP) is 2.71. The van der Waals surface area contributed by atoms with Crippen molar-refractivity contribution in [3.63, 3.8) is 0 Å². The Hall–Kier alpha value is -1.07. The summed E-state index contributed by atoms with van der Waals surface area (Å²) in [6.45, 7) is 3.52. The molecule has 5 heteroatoms. The Kier molecular flexibility index (Phi) is 3.55. The summed E-state index contributed by atoms with van der Waals surface area (Å²) in [5.41, 5.74) is 2.96. The Morgan fingerprint density at radius 2 is 1.76 bits per heavy atom. The fraction of sp³-hybridized carbons (Fsp3) is 0.500. The van der Waals surface area contributed by atoms with Gasteiger partial charge in [-0.05, 0) is 44.5 Å². The third-order valence-electron chi connectivity index (χ3n) is 2.58. The van der Waals surface area contributed by atoms with Crippen LogP contribution < -0.4 is 5.73 Å². The topological polar surface area (TPSA) is 46.2 Å². The van der Waals surface area contributed by atoms with Gasteiger partial charge in [0.25, 0.3) is 0 Å². The van der Waals surface area contributed by atoms with E-state index in [1.165, 1.54) is 0 Å². The van der Waals surface area contributed by atoms with Crippen LogP contribution in [0.5, 0.6) is 0 Å². The zero-order chi connectivity index (χ0) is 13.4. The standard InChI is InChI=1S/C12H16F3NO/c1-7(16)8-4-9(6-10(13)5-8)12(14,15)11(2,3)17/h4-7,17H,16H2,1-3H3. The van der Waals surface area contributed by atoms with E-state index in [-0.39, 0.29) is 5.56 Å². The van der Waals surface area contributed by atoms with Crippen molar-refractivity contribution in [3.05, 3.63) is 35.1 Å². The van der Waals surface area contributed by atoms with Crippen molar-refractivity contribution < 1.29 is 18.3 Å². The zero-order valence-corrected chi connectivity index (χ0v) is 9.97. The van der Waals surface area contributed by atoms with Crippen molar-refractivity contribution in [2.75, 3.05) is 0 Å². The molecule has 1 unspecified atom stereocenters. The highest BCUT2D eigenvalue weighted by atomic mass is 19.3. The average molecular weight is 247 g/mol. The summed E-state index contributed by atoms with van der Waals surface area (Å²) >= 11 is 0. The van der Waals surface area contributed by atoms with Crippen LogP contribution in [0.4, 0.5) is 13.2 Å². The number of hydrogen-bond donors (Lipinski definition) is 2. The van der Waals surface area contributed by atoms with Crippen LogP contribution in [0.1, 0.15) is 37.9 Å². The monoisotopic (exact) mass is 247 g/mol. The van der Waals surface area contributed by atoms with E-state index in [2.05, 4.69) is 0 Å². The lowest BCUT2D eigenvalue weighted by Crippen LogP contribution is -2.40. The number of aliphatic hydroxyl groups is 1. The Labute approximate surface area is 98.3 Å². The van der Waals surface area contributed by atoms with Crippen LogP contribution in [-0.4, -0.2) is 10.7 Å². The molecule has 0 aliphatic rings. The van der Waals surface area contributed by atoms with Crippen LogP contribution in [0.3, 0.4) is 0 Å². The summed E-state index contributed by atoms with van der Waals surface area (Å²) in [4.78, 5) is 0. The van der Waals surface area contributed by atoms with E-state index in [0.29, 0.717) is 6.07 Å². The zero-order valence-electron chi connectivity index (χ0n) is 9.97. The van der Waals surface area contributed by atoms with E-state index >= 15 is 0 Å². The minimum Gasteiger partial charge on any atom is -0.384 e. The lowest BCUT2D eigenvalue weighted by Gasteiger charge is -2.29. The van der Waals surface area contributed by atoms with Crippen LogP contribution >= 0.6 is 0 Å². The van der Waals surface area contributed by atoms with Gasteiger partial charge < -0.3 is 10.8 Å². The summed E-state index contributed by atoms with van der Waals surface area (Å²) in [6, 6.07) is 2.38. The van der Waals surface area contributed by atoms with Crippen molar-refractivity contribution in [2.45, 2.75) is 38.3 Å². The van der Waals surface area contributed by atoms with Crippen LogP contribution in [0.15, 0.2) is 18.2 Å². The van der Waals surface area contributed by atoms with E-state index < -0.39 is 28.9 Å². The van der Waals surface area contributed by atoms with Crippen molar-refractivity contribution in [1.29, 1.82) is 0 Å². The van der Waals surface area contributed by atoms with E-state index in [9.17, 15) is 18.3 Å². The summed E-state index contributed by atoms with van der Waals surface area (Å²) < 4.78 is 40.9. The van der Waals surface area contributed by atoms with Crippen molar-refractivity contribution in [2.24, 2.45) is 5.73 Å². The molecule has 0 spiro atoms. The number of alkyl halides is 2. The number of rotatable bonds is 3. The van der Waals surface area contributed by atoms with Gasteiger partial charge in [0.05, 0.1) is 0 Å². The molecule has 3 N–H and O–H groups in total. The summed E-state index contributed by atoms with van der Waals surface area (Å²) in [5, 5.41) is 9.42. The van der Waals surface area contributed by atoms with Gasteiger partial charge in [0, 0.05) is 11.6 Å². The molecule has 17 heavy (non-hydrogen) atoms. The Bertz CT molecular complexity index is 411. The van der Waals surface area contributed by atoms with E-state index in [4.69, 9.17) is 5.73 Å². The Morgan fingerprint density at radius 3 is 2.18 bits per heavy atom. The molecule has 1 rings (SSSR count). The lowest BCUT2D eigenvalue weighted by atomic mass is 9.91. The van der Waals surface area contributed by atoms with Gasteiger partial charge in [-0.2, -0.15) is 8.78 Å². The minimum absolute atomic E-state index is 0.268. The molecule has 0 bridgehead atoms. The van der Waals surface area contributed by atoms with Gasteiger partial charge >= 0.3 is 5.92 Å². The van der Waals surface area contributed by atoms with Crippen molar-refractivity contribution >= 4 is 0 Å². The first-order chi connectivity index (χ1) is 7.55. The van der Waals surface area contributed by atoms with Gasteiger partial charge in [-0.25, -0.2) is 4.39 Å². The second kappa shape index (κ2) is 4.31. The van der Waals surface area contributed by atoms with Gasteiger partial charge in [0.15, 0.2) is 0 Å². The van der Waals surface area contributed by atoms with E-state index in [1.54, 1.807) is 6.92 Å². The molecule has 0 fully saturated rings. The van der Waals surface area contributed by atoms with Crippen molar-refractivity contribution in [1.82, 2.24) is 0 Å². The molecule has 1 aromatic rings. The summed E-state index contributed by atoms with van der Waals surface area (Å²) in [5.74, 6) is -4.34. The molecule has 0 aliphatic carbocycles. The largest absolute Gasteiger partial charge is 0.384 e. The quantitative estimate of drug-likeness (QED) is 0.862. The van der Waals surface area contributed by atoms with E-state index in [0.717, 1.165) is 26.0 Å². The first-order valence-corrected chi connectivity index (χ1v) is 5.22. The maximum atomic E-state index is 13.8. The fourth-order valence-electron chi connectivity index (χ4n) is 1.41. The third kappa shape index (κ3) is 2.79. The molecule has 0 saturated carbocycles. The number of hydrogen-bond acceptors (Lipinski definition) is 2. The first-order valence-electron chi connectivity index (χ1n) is 5.22. The molecule has 2 nitrogen and oxygen atoms in total. The molecule has 1 atom stereocenters. The molecule has 0 saturated heterocycles. The number of nitrogens with two attached hydrogens (primary N) is 1. The summed E-state index contributed by atoms with van der Waals surface area (Å²) in [7, 11) is 0. The number of halogens is 3. The smallest absolute Gasteiger partial charge is 0.300 e. The molecule has 0 heterocycles. The molecule has 0 aliphatic heterocycles. The highest BCUT2D eigenvalue weighted by Gasteiger charge is 2.47. The highest BCUT2D eigenvalue weighted by Crippen LogP contribution is 2.39. The lowest BCUT2D eigenvalue weighted by molar-refractivity contribution is -0.168. The van der Waals surface area contributed by atoms with Gasteiger partial charge in [-0.3, -0.25) is 0 Å². The SMILES string of the molecule is CC(N)c1cc(F)cc(C(F)(F)C(C)(C)O)c1. The van der Waals surface area contributed by atoms with Crippen LogP contribution in [0.25, 0.3) is 0 Å². The second-order valence-corrected chi connectivity index (χ2v) is 4.70.